The Kier molecular flexibility index (Phi) is 5.87. The third-order valence-electron chi connectivity index (χ3n) is 6.66. The van der Waals surface area contributed by atoms with E-state index in [-0.39, 0.29) is 11.7 Å². The first-order valence-electron chi connectivity index (χ1n) is 10.9. The predicted octanol–water partition coefficient (Wildman–Crippen LogP) is 4.10. The summed E-state index contributed by atoms with van der Waals surface area (Å²) in [6.07, 6.45) is 11.2. The lowest BCUT2D eigenvalue weighted by molar-refractivity contribution is 0.0895. The Morgan fingerprint density at radius 1 is 1.30 bits per heavy atom. The summed E-state index contributed by atoms with van der Waals surface area (Å²) in [5.74, 6) is 1.91. The fraction of sp³-hybridized carbons (Fsp3) is 0.480. The van der Waals surface area contributed by atoms with Crippen LogP contribution in [-0.4, -0.2) is 25.7 Å². The summed E-state index contributed by atoms with van der Waals surface area (Å²) in [6.45, 7) is 4.15. The molecule has 2 aromatic rings. The maximum absolute atomic E-state index is 13.1. The van der Waals surface area contributed by atoms with E-state index in [9.17, 15) is 9.90 Å². The van der Waals surface area contributed by atoms with Gasteiger partial charge in [0.15, 0.2) is 0 Å². The molecule has 1 saturated carbocycles. The van der Waals surface area contributed by atoms with Gasteiger partial charge in [-0.1, -0.05) is 24.8 Å². The van der Waals surface area contributed by atoms with Crippen molar-refractivity contribution in [3.63, 3.8) is 0 Å². The number of rotatable bonds is 5. The van der Waals surface area contributed by atoms with Crippen LogP contribution in [0, 0.1) is 11.8 Å². The van der Waals surface area contributed by atoms with Gasteiger partial charge in [0, 0.05) is 36.2 Å². The molecule has 30 heavy (non-hydrogen) atoms. The van der Waals surface area contributed by atoms with E-state index < -0.39 is 0 Å². The highest BCUT2D eigenvalue weighted by Crippen LogP contribution is 2.33. The molecular formula is C25H29N3O2. The van der Waals surface area contributed by atoms with Crippen molar-refractivity contribution in [1.29, 1.82) is 0 Å². The molecule has 1 atom stereocenters. The van der Waals surface area contributed by atoms with Gasteiger partial charge in [-0.25, -0.2) is 9.97 Å². The molecule has 0 aliphatic heterocycles. The molecule has 5 heteroatoms. The highest BCUT2D eigenvalue weighted by atomic mass is 16.3. The Morgan fingerprint density at radius 2 is 2.07 bits per heavy atom. The summed E-state index contributed by atoms with van der Waals surface area (Å²) in [7, 11) is 1.78. The number of aliphatic hydroxyl groups is 1. The molecule has 0 aromatic carbocycles. The molecule has 0 amide bonds. The van der Waals surface area contributed by atoms with E-state index in [0.717, 1.165) is 60.9 Å². The van der Waals surface area contributed by atoms with Gasteiger partial charge >= 0.3 is 0 Å². The van der Waals surface area contributed by atoms with Crippen molar-refractivity contribution in [3.8, 4) is 0 Å². The first-order chi connectivity index (χ1) is 14.5. The first kappa shape index (κ1) is 20.6. The van der Waals surface area contributed by atoms with Crippen LogP contribution in [-0.2, 0) is 13.5 Å². The number of pyridine rings is 1. The van der Waals surface area contributed by atoms with Crippen molar-refractivity contribution in [2.75, 3.05) is 0 Å². The Bertz CT molecular complexity index is 1150. The van der Waals surface area contributed by atoms with Gasteiger partial charge in [-0.15, -0.1) is 0 Å². The van der Waals surface area contributed by atoms with Crippen molar-refractivity contribution in [1.82, 2.24) is 14.5 Å². The molecule has 0 bridgehead atoms. The van der Waals surface area contributed by atoms with Gasteiger partial charge in [0.25, 0.3) is 5.56 Å². The number of fused-ring (bicyclic) bond motifs is 1. The molecule has 2 aliphatic carbocycles. The summed E-state index contributed by atoms with van der Waals surface area (Å²) >= 11 is 0. The van der Waals surface area contributed by atoms with E-state index in [1.165, 1.54) is 0 Å². The third-order valence-corrected chi connectivity index (χ3v) is 6.66. The normalized spacial score (nSPS) is 22.1. The number of nitrogens with zero attached hydrogens (tertiary/aromatic N) is 3. The average molecular weight is 404 g/mol. The number of aliphatic hydroxyl groups excluding tert-OH is 1. The molecule has 0 radical (unpaired) electrons. The lowest BCUT2D eigenvalue weighted by atomic mass is 9.76. The van der Waals surface area contributed by atoms with Gasteiger partial charge in [0.2, 0.25) is 0 Å². The molecule has 0 saturated heterocycles. The van der Waals surface area contributed by atoms with Gasteiger partial charge in [-0.3, -0.25) is 9.36 Å². The average Bonchev–Trinajstić information content (AvgIpc) is 2.76. The van der Waals surface area contributed by atoms with Gasteiger partial charge < -0.3 is 5.11 Å². The molecule has 1 unspecified atom stereocenters. The van der Waals surface area contributed by atoms with E-state index >= 15 is 0 Å². The highest BCUT2D eigenvalue weighted by Gasteiger charge is 2.26. The van der Waals surface area contributed by atoms with Gasteiger partial charge in [-0.2, -0.15) is 0 Å². The zero-order valence-electron chi connectivity index (χ0n) is 18.0. The lowest BCUT2D eigenvalue weighted by Gasteiger charge is -2.31. The maximum Gasteiger partial charge on any atom is 0.259 e. The van der Waals surface area contributed by atoms with Crippen LogP contribution in [0.25, 0.3) is 16.6 Å². The zero-order valence-corrected chi connectivity index (χ0v) is 18.0. The van der Waals surface area contributed by atoms with E-state index in [1.54, 1.807) is 17.7 Å². The van der Waals surface area contributed by atoms with Crippen LogP contribution in [0.15, 0.2) is 46.2 Å². The van der Waals surface area contributed by atoms with Crippen LogP contribution in [0.3, 0.4) is 0 Å². The second-order valence-electron chi connectivity index (χ2n) is 8.57. The smallest absolute Gasteiger partial charge is 0.259 e. The minimum Gasteiger partial charge on any atom is -0.393 e. The number of aryl methyl sites for hydroxylation is 1. The van der Waals surface area contributed by atoms with Crippen LogP contribution < -0.4 is 5.56 Å². The molecule has 2 aromatic heterocycles. The molecule has 4 rings (SSSR count). The van der Waals surface area contributed by atoms with Crippen LogP contribution in [0.5, 0.6) is 0 Å². The van der Waals surface area contributed by atoms with Gasteiger partial charge in [0.1, 0.15) is 11.5 Å². The second-order valence-corrected chi connectivity index (χ2v) is 8.57. The molecule has 2 heterocycles. The topological polar surface area (TPSA) is 68.0 Å². The summed E-state index contributed by atoms with van der Waals surface area (Å²) < 4.78 is 1.63. The molecule has 1 fully saturated rings. The molecule has 2 aliphatic rings. The quantitative estimate of drug-likeness (QED) is 0.763. The second kappa shape index (κ2) is 8.57. The van der Waals surface area contributed by atoms with Crippen molar-refractivity contribution in [3.05, 3.63) is 63.2 Å². The maximum atomic E-state index is 13.1. The first-order valence-corrected chi connectivity index (χ1v) is 10.9. The largest absolute Gasteiger partial charge is 0.393 e. The fourth-order valence-corrected chi connectivity index (χ4v) is 4.78. The van der Waals surface area contributed by atoms with Crippen LogP contribution in [0.1, 0.15) is 57.3 Å². The summed E-state index contributed by atoms with van der Waals surface area (Å²) in [5.41, 5.74) is 8.98. The van der Waals surface area contributed by atoms with Crippen LogP contribution >= 0.6 is 0 Å². The Balaban J connectivity index is 1.65. The number of allylic oxidation sites excluding steroid dienone is 4. The van der Waals surface area contributed by atoms with Crippen LogP contribution in [0.2, 0.25) is 0 Å². The highest BCUT2D eigenvalue weighted by molar-refractivity contribution is 5.85. The summed E-state index contributed by atoms with van der Waals surface area (Å²) in [4.78, 5) is 22.5. The third kappa shape index (κ3) is 3.97. The van der Waals surface area contributed by atoms with E-state index in [1.807, 2.05) is 25.3 Å². The van der Waals surface area contributed by atoms with Crippen molar-refractivity contribution in [2.24, 2.45) is 18.9 Å². The van der Waals surface area contributed by atoms with E-state index in [2.05, 4.69) is 23.4 Å². The van der Waals surface area contributed by atoms with Gasteiger partial charge in [0.05, 0.1) is 6.10 Å². The van der Waals surface area contributed by atoms with Crippen LogP contribution in [0.4, 0.5) is 0 Å². The molecule has 5 nitrogen and oxygen atoms in total. The van der Waals surface area contributed by atoms with Crippen molar-refractivity contribution in [2.45, 2.75) is 58.5 Å². The predicted molar refractivity (Wildman–Crippen MR) is 119 cm³/mol. The number of hydrogen-bond acceptors (Lipinski definition) is 4. The SMILES string of the molecule is CCC(Cc1ncc2cc(C3=CC=C=C=C3C)c(=O)n(C)c2n1)C1CCC(O)CC1. The molecule has 156 valence electrons. The Hall–Kier alpha value is -2.71. The molecule has 1 N–H and O–H groups in total. The monoisotopic (exact) mass is 403 g/mol. The summed E-state index contributed by atoms with van der Waals surface area (Å²) in [5, 5.41) is 10.7. The van der Waals surface area contributed by atoms with E-state index in [4.69, 9.17) is 4.98 Å². The minimum absolute atomic E-state index is 0.0665. The lowest BCUT2D eigenvalue weighted by Crippen LogP contribution is -2.26. The Morgan fingerprint density at radius 3 is 2.77 bits per heavy atom. The molecular weight excluding hydrogens is 374 g/mol. The molecule has 0 spiro atoms. The minimum atomic E-state index is -0.136. The van der Waals surface area contributed by atoms with Crippen molar-refractivity contribution >= 4 is 16.6 Å². The standard InChI is InChI=1S/C25H29N3O2/c1-4-17(18-9-11-20(29)12-10-18)14-23-26-15-19-13-22(21-8-6-5-7-16(21)2)25(30)28(3)24(19)27-23/h6,8,13,15,17-18,20,29H,4,9-12,14H2,1-3H3. The van der Waals surface area contributed by atoms with E-state index in [0.29, 0.717) is 23.0 Å². The van der Waals surface area contributed by atoms with Gasteiger partial charge in [-0.05, 0) is 68.2 Å². The Labute approximate surface area is 177 Å². The van der Waals surface area contributed by atoms with Crippen molar-refractivity contribution < 1.29 is 5.11 Å². The zero-order chi connectivity index (χ0) is 21.3. The number of hydrogen-bond donors (Lipinski definition) is 1. The fourth-order valence-electron chi connectivity index (χ4n) is 4.78. The number of aromatic nitrogens is 3. The summed E-state index contributed by atoms with van der Waals surface area (Å²) in [6, 6.07) is 1.89.